The molecule has 0 aliphatic heterocycles. The van der Waals surface area contributed by atoms with Crippen LogP contribution in [-0.2, 0) is 0 Å². The van der Waals surface area contributed by atoms with Crippen LogP contribution in [-0.4, -0.2) is 10.5 Å². The third kappa shape index (κ3) is 6.35. The van der Waals surface area contributed by atoms with Crippen LogP contribution in [0.2, 0.25) is 0 Å². The van der Waals surface area contributed by atoms with Crippen LogP contribution < -0.4 is 0 Å². The Bertz CT molecular complexity index is 33.4. The van der Waals surface area contributed by atoms with Crippen molar-refractivity contribution in [2.75, 3.05) is 0 Å². The lowest BCUT2D eigenvalue weighted by molar-refractivity contribution is 1.18. The molecule has 0 heterocycles. The molecule has 0 N–H and O–H groups in total. The first kappa shape index (κ1) is 7.35. The number of thioether (sulfide) groups is 1. The van der Waals surface area contributed by atoms with Crippen molar-refractivity contribution in [3.63, 3.8) is 0 Å². The van der Waals surface area contributed by atoms with Crippen LogP contribution in [0.15, 0.2) is 0 Å². The molecule has 7 heavy (non-hydrogen) atoms. The van der Waals surface area contributed by atoms with Gasteiger partial charge in [0.05, 0.1) is 0 Å². The van der Waals surface area contributed by atoms with Crippen LogP contribution in [0.1, 0.15) is 13.8 Å². The van der Waals surface area contributed by atoms with E-state index in [0.717, 1.165) is 0 Å². The van der Waals surface area contributed by atoms with E-state index >= 15 is 0 Å². The highest BCUT2D eigenvalue weighted by molar-refractivity contribution is 8.00. The fourth-order valence-electron chi connectivity index (χ4n) is 0.397. The molecule has 42 valence electrons. The highest BCUT2D eigenvalue weighted by Gasteiger charge is 1.96. The lowest BCUT2D eigenvalue weighted by Crippen LogP contribution is -1.95. The Kier molecular flexibility index (Phi) is 3.53. The molecule has 0 aromatic heterocycles. The second-order valence-corrected chi connectivity index (χ2v) is 3.64. The first-order chi connectivity index (χ1) is 3.13. The maximum atomic E-state index is 3.80. The lowest BCUT2D eigenvalue weighted by Gasteiger charge is -2.05. The topological polar surface area (TPSA) is 0 Å². The largest absolute Gasteiger partial charge is 0.156 e. The Labute approximate surface area is 50.7 Å². The van der Waals surface area contributed by atoms with Gasteiger partial charge >= 0.3 is 0 Å². The van der Waals surface area contributed by atoms with Crippen molar-refractivity contribution in [1.29, 1.82) is 0 Å². The van der Waals surface area contributed by atoms with Crippen molar-refractivity contribution < 1.29 is 0 Å². The summed E-state index contributed by atoms with van der Waals surface area (Å²) < 4.78 is 0. The summed E-state index contributed by atoms with van der Waals surface area (Å²) in [6.07, 6.45) is 0. The van der Waals surface area contributed by atoms with Crippen molar-refractivity contribution in [2.24, 2.45) is 0 Å². The van der Waals surface area contributed by atoms with E-state index in [1.165, 1.54) is 0 Å². The molecule has 0 fully saturated rings. The standard InChI is InChI=1S/C6H12S/c1-5(2)7-6(3)4/h5-6H,1,3H2,2,4H3. The van der Waals surface area contributed by atoms with E-state index in [2.05, 4.69) is 27.7 Å². The summed E-state index contributed by atoms with van der Waals surface area (Å²) in [5.41, 5.74) is 0. The molecule has 0 aliphatic carbocycles. The molecule has 0 spiro atoms. The summed E-state index contributed by atoms with van der Waals surface area (Å²) in [6, 6.07) is 0. The van der Waals surface area contributed by atoms with Gasteiger partial charge in [-0.15, -0.1) is 0 Å². The fraction of sp³-hybridized carbons (Fsp3) is 0.667. The van der Waals surface area contributed by atoms with Crippen LogP contribution >= 0.6 is 11.8 Å². The highest BCUT2D eigenvalue weighted by Crippen LogP contribution is 2.14. The smallest absolute Gasteiger partial charge is 0.00217 e. The highest BCUT2D eigenvalue weighted by atomic mass is 32.2. The molecule has 2 radical (unpaired) electrons. The summed E-state index contributed by atoms with van der Waals surface area (Å²) >= 11 is 1.79. The molecule has 0 nitrogen and oxygen atoms in total. The molecule has 0 aliphatic rings. The van der Waals surface area contributed by atoms with Gasteiger partial charge in [0.25, 0.3) is 0 Å². The summed E-state index contributed by atoms with van der Waals surface area (Å²) in [6.45, 7) is 11.8. The number of hydrogen-bond acceptors (Lipinski definition) is 1. The third-order valence-electron chi connectivity index (χ3n) is 0.465. The molecular weight excluding hydrogens is 104 g/mol. The lowest BCUT2D eigenvalue weighted by atomic mass is 10.6. The second kappa shape index (κ2) is 3.36. The Morgan fingerprint density at radius 2 is 1.43 bits per heavy atom. The normalized spacial score (nSPS) is 11.1. The first-order valence-electron chi connectivity index (χ1n) is 2.44. The Morgan fingerprint density at radius 1 is 1.14 bits per heavy atom. The molecule has 0 amide bonds. The van der Waals surface area contributed by atoms with Gasteiger partial charge in [0.1, 0.15) is 0 Å². The minimum atomic E-state index is 0.479. The number of rotatable bonds is 2. The van der Waals surface area contributed by atoms with Gasteiger partial charge in [-0.2, -0.15) is 11.8 Å². The Balaban J connectivity index is 2.95. The SMILES string of the molecule is [CH2]C(C)SC([CH2])C. The molecule has 0 saturated carbocycles. The molecule has 2 atom stereocenters. The minimum Gasteiger partial charge on any atom is -0.156 e. The van der Waals surface area contributed by atoms with E-state index in [0.29, 0.717) is 10.5 Å². The Hall–Kier alpha value is 0.350. The van der Waals surface area contributed by atoms with Gasteiger partial charge in [0.2, 0.25) is 0 Å². The molecule has 0 aromatic rings. The van der Waals surface area contributed by atoms with Crippen LogP contribution in [0.4, 0.5) is 0 Å². The van der Waals surface area contributed by atoms with Crippen molar-refractivity contribution >= 4 is 11.8 Å². The van der Waals surface area contributed by atoms with Crippen LogP contribution in [0.3, 0.4) is 0 Å². The monoisotopic (exact) mass is 116 g/mol. The van der Waals surface area contributed by atoms with E-state index in [1.807, 2.05) is 0 Å². The second-order valence-electron chi connectivity index (χ2n) is 1.76. The molecule has 1 heteroatoms. The van der Waals surface area contributed by atoms with Crippen molar-refractivity contribution in [2.45, 2.75) is 24.3 Å². The van der Waals surface area contributed by atoms with Gasteiger partial charge in [0, 0.05) is 10.5 Å². The molecule has 2 unspecified atom stereocenters. The van der Waals surface area contributed by atoms with Gasteiger partial charge in [-0.25, -0.2) is 0 Å². The van der Waals surface area contributed by atoms with Gasteiger partial charge in [0.15, 0.2) is 0 Å². The maximum Gasteiger partial charge on any atom is 0.00217 e. The third-order valence-corrected chi connectivity index (χ3v) is 1.39. The maximum absolute atomic E-state index is 3.80. The van der Waals surface area contributed by atoms with E-state index in [4.69, 9.17) is 0 Å². The van der Waals surface area contributed by atoms with Gasteiger partial charge in [-0.1, -0.05) is 13.8 Å². The summed E-state index contributed by atoms with van der Waals surface area (Å²) in [5, 5.41) is 0.958. The quantitative estimate of drug-likeness (QED) is 0.533. The van der Waals surface area contributed by atoms with Gasteiger partial charge < -0.3 is 0 Å². The van der Waals surface area contributed by atoms with Crippen LogP contribution in [0.25, 0.3) is 0 Å². The van der Waals surface area contributed by atoms with E-state index in [-0.39, 0.29) is 0 Å². The summed E-state index contributed by atoms with van der Waals surface area (Å²) in [7, 11) is 0. The predicted molar refractivity (Wildman–Crippen MR) is 37.2 cm³/mol. The summed E-state index contributed by atoms with van der Waals surface area (Å²) in [4.78, 5) is 0. The first-order valence-corrected chi connectivity index (χ1v) is 3.39. The molecule has 0 saturated heterocycles. The van der Waals surface area contributed by atoms with Gasteiger partial charge in [-0.05, 0) is 13.8 Å². The van der Waals surface area contributed by atoms with E-state index < -0.39 is 0 Å². The zero-order valence-electron chi connectivity index (χ0n) is 4.98. The average Bonchev–Trinajstić information content (AvgIpc) is 1.27. The average molecular weight is 116 g/mol. The molecule has 0 bridgehead atoms. The van der Waals surface area contributed by atoms with Crippen molar-refractivity contribution in [3.8, 4) is 0 Å². The Morgan fingerprint density at radius 3 is 1.43 bits per heavy atom. The molecular formula is C6H12S. The summed E-state index contributed by atoms with van der Waals surface area (Å²) in [5.74, 6) is 0. The predicted octanol–water partition coefficient (Wildman–Crippen LogP) is 2.16. The van der Waals surface area contributed by atoms with Crippen LogP contribution in [0, 0.1) is 13.8 Å². The van der Waals surface area contributed by atoms with Crippen molar-refractivity contribution in [1.82, 2.24) is 0 Å². The molecule has 0 aromatic carbocycles. The fourth-order valence-corrected chi connectivity index (χ4v) is 1.19. The molecule has 0 rings (SSSR count). The van der Waals surface area contributed by atoms with Crippen LogP contribution in [0.5, 0.6) is 0 Å². The zero-order chi connectivity index (χ0) is 5.86. The van der Waals surface area contributed by atoms with Crippen molar-refractivity contribution in [3.05, 3.63) is 13.8 Å². The number of hydrogen-bond donors (Lipinski definition) is 0. The van der Waals surface area contributed by atoms with E-state index in [9.17, 15) is 0 Å². The van der Waals surface area contributed by atoms with Gasteiger partial charge in [-0.3, -0.25) is 0 Å². The minimum absolute atomic E-state index is 0.479. The zero-order valence-corrected chi connectivity index (χ0v) is 5.79. The van der Waals surface area contributed by atoms with E-state index in [1.54, 1.807) is 11.8 Å².